The number of nitrogens with zero attached hydrogens (tertiary/aromatic N) is 1. The summed E-state index contributed by atoms with van der Waals surface area (Å²) in [6.07, 6.45) is -2.41. The summed E-state index contributed by atoms with van der Waals surface area (Å²) < 4.78 is 38.3. The van der Waals surface area contributed by atoms with Gasteiger partial charge in [0.2, 0.25) is 0 Å². The molecule has 0 amide bonds. The zero-order valence-corrected chi connectivity index (χ0v) is 11.8. The van der Waals surface area contributed by atoms with Crippen molar-refractivity contribution in [2.45, 2.75) is 31.6 Å². The smallest absolute Gasteiger partial charge is 0.398 e. The highest BCUT2D eigenvalue weighted by Gasteiger charge is 2.37. The first-order valence-corrected chi connectivity index (χ1v) is 6.78. The van der Waals surface area contributed by atoms with E-state index in [1.807, 2.05) is 6.07 Å². The lowest BCUT2D eigenvalue weighted by Crippen LogP contribution is -2.35. The van der Waals surface area contributed by atoms with Gasteiger partial charge >= 0.3 is 6.18 Å². The zero-order valence-electron chi connectivity index (χ0n) is 9.67. The molecule has 0 bridgehead atoms. The maximum Gasteiger partial charge on any atom is 0.401 e. The maximum absolute atomic E-state index is 12.5. The van der Waals surface area contributed by atoms with Crippen molar-refractivity contribution in [1.29, 1.82) is 0 Å². The quantitative estimate of drug-likeness (QED) is 0.650. The third-order valence-electron chi connectivity index (χ3n) is 2.90. The van der Waals surface area contributed by atoms with Crippen molar-refractivity contribution in [3.63, 3.8) is 0 Å². The Morgan fingerprint density at radius 1 is 1.33 bits per heavy atom. The minimum Gasteiger partial charge on any atom is -0.398 e. The third kappa shape index (κ3) is 4.01. The van der Waals surface area contributed by atoms with E-state index in [0.717, 1.165) is 22.0 Å². The number of anilines is 1. The van der Waals surface area contributed by atoms with Crippen LogP contribution in [0.25, 0.3) is 0 Å². The van der Waals surface area contributed by atoms with Crippen LogP contribution in [0.1, 0.15) is 18.4 Å². The average molecular weight is 370 g/mol. The second kappa shape index (κ2) is 5.24. The van der Waals surface area contributed by atoms with Gasteiger partial charge in [-0.3, -0.25) is 4.90 Å². The van der Waals surface area contributed by atoms with E-state index >= 15 is 0 Å². The van der Waals surface area contributed by atoms with E-state index in [1.54, 1.807) is 12.1 Å². The van der Waals surface area contributed by atoms with Gasteiger partial charge in [-0.2, -0.15) is 13.2 Å². The van der Waals surface area contributed by atoms with Crippen LogP contribution in [0, 0.1) is 3.57 Å². The molecule has 1 saturated carbocycles. The molecule has 0 spiro atoms. The minimum atomic E-state index is -4.14. The van der Waals surface area contributed by atoms with Crippen molar-refractivity contribution in [3.05, 3.63) is 27.3 Å². The number of nitrogen functional groups attached to an aromatic ring is 1. The van der Waals surface area contributed by atoms with Crippen molar-refractivity contribution in [2.24, 2.45) is 0 Å². The Morgan fingerprint density at radius 3 is 2.50 bits per heavy atom. The summed E-state index contributed by atoms with van der Waals surface area (Å²) in [4.78, 5) is 1.50. The molecule has 1 aromatic rings. The first kappa shape index (κ1) is 13.9. The molecule has 1 aromatic carbocycles. The topological polar surface area (TPSA) is 29.3 Å². The van der Waals surface area contributed by atoms with Gasteiger partial charge in [0, 0.05) is 21.8 Å². The Labute approximate surface area is 117 Å². The van der Waals surface area contributed by atoms with Gasteiger partial charge in [-0.25, -0.2) is 0 Å². The van der Waals surface area contributed by atoms with E-state index < -0.39 is 12.7 Å². The predicted molar refractivity (Wildman–Crippen MR) is 73.1 cm³/mol. The summed E-state index contributed by atoms with van der Waals surface area (Å²) in [7, 11) is 0. The van der Waals surface area contributed by atoms with Gasteiger partial charge in [0.15, 0.2) is 0 Å². The van der Waals surface area contributed by atoms with E-state index in [2.05, 4.69) is 22.6 Å². The molecule has 18 heavy (non-hydrogen) atoms. The molecule has 1 fully saturated rings. The van der Waals surface area contributed by atoms with Gasteiger partial charge in [0.25, 0.3) is 0 Å². The van der Waals surface area contributed by atoms with Crippen molar-refractivity contribution >= 4 is 28.3 Å². The van der Waals surface area contributed by atoms with Crippen molar-refractivity contribution in [2.75, 3.05) is 12.3 Å². The average Bonchev–Trinajstić information content (AvgIpc) is 3.04. The molecule has 0 atom stereocenters. The number of hydrogen-bond donors (Lipinski definition) is 1. The molecule has 0 aromatic heterocycles. The number of alkyl halides is 3. The van der Waals surface area contributed by atoms with Crippen molar-refractivity contribution in [1.82, 2.24) is 4.90 Å². The van der Waals surface area contributed by atoms with Crippen LogP contribution >= 0.6 is 22.6 Å². The summed E-state index contributed by atoms with van der Waals surface area (Å²) in [5.41, 5.74) is 7.23. The zero-order chi connectivity index (χ0) is 13.3. The molecule has 0 aliphatic heterocycles. The van der Waals surface area contributed by atoms with Gasteiger partial charge in [-0.05, 0) is 53.1 Å². The van der Waals surface area contributed by atoms with Crippen LogP contribution in [0.4, 0.5) is 18.9 Å². The Hall–Kier alpha value is -0.500. The Kier molecular flexibility index (Phi) is 4.05. The minimum absolute atomic E-state index is 0.0850. The van der Waals surface area contributed by atoms with Gasteiger partial charge in [0.05, 0.1) is 6.54 Å². The van der Waals surface area contributed by atoms with Crippen LogP contribution in [-0.2, 0) is 6.54 Å². The maximum atomic E-state index is 12.5. The van der Waals surface area contributed by atoms with Gasteiger partial charge < -0.3 is 5.73 Å². The van der Waals surface area contributed by atoms with Crippen LogP contribution in [0.15, 0.2) is 18.2 Å². The van der Waals surface area contributed by atoms with E-state index in [1.165, 1.54) is 4.90 Å². The molecule has 6 heteroatoms. The Balaban J connectivity index is 2.06. The highest BCUT2D eigenvalue weighted by molar-refractivity contribution is 14.1. The highest BCUT2D eigenvalue weighted by atomic mass is 127. The van der Waals surface area contributed by atoms with E-state index in [-0.39, 0.29) is 6.04 Å². The van der Waals surface area contributed by atoms with Crippen LogP contribution in [0.3, 0.4) is 0 Å². The molecule has 0 saturated heterocycles. The molecule has 2 nitrogen and oxygen atoms in total. The highest BCUT2D eigenvalue weighted by Crippen LogP contribution is 2.31. The predicted octanol–water partition coefficient (Wildman–Crippen LogP) is 3.40. The van der Waals surface area contributed by atoms with Gasteiger partial charge in [-0.15, -0.1) is 0 Å². The molecule has 100 valence electrons. The number of hydrogen-bond acceptors (Lipinski definition) is 2. The SMILES string of the molecule is Nc1ccc(CN(CC(F)(F)F)C2CC2)cc1I. The summed E-state index contributed by atoms with van der Waals surface area (Å²) in [6.45, 7) is -0.501. The number of rotatable bonds is 4. The lowest BCUT2D eigenvalue weighted by atomic mass is 10.2. The molecule has 0 unspecified atom stereocenters. The second-order valence-electron chi connectivity index (χ2n) is 4.61. The normalized spacial score (nSPS) is 16.3. The first-order valence-electron chi connectivity index (χ1n) is 5.70. The third-order valence-corrected chi connectivity index (χ3v) is 3.83. The lowest BCUT2D eigenvalue weighted by Gasteiger charge is -2.23. The lowest BCUT2D eigenvalue weighted by molar-refractivity contribution is -0.148. The molecule has 1 aliphatic rings. The van der Waals surface area contributed by atoms with Crippen LogP contribution < -0.4 is 5.73 Å². The molecular formula is C12H14F3IN2. The van der Waals surface area contributed by atoms with Gasteiger partial charge in [-0.1, -0.05) is 6.07 Å². The monoisotopic (exact) mass is 370 g/mol. The molecule has 0 radical (unpaired) electrons. The standard InChI is InChI=1S/C12H14F3IN2/c13-12(14,15)7-18(9-2-3-9)6-8-1-4-11(17)10(16)5-8/h1,4-5,9H,2-3,6-7,17H2. The summed E-state index contributed by atoms with van der Waals surface area (Å²) >= 11 is 2.09. The summed E-state index contributed by atoms with van der Waals surface area (Å²) in [5.74, 6) is 0. The van der Waals surface area contributed by atoms with E-state index in [9.17, 15) is 13.2 Å². The van der Waals surface area contributed by atoms with Crippen LogP contribution in [0.5, 0.6) is 0 Å². The molecule has 2 rings (SSSR count). The van der Waals surface area contributed by atoms with E-state index in [0.29, 0.717) is 12.2 Å². The van der Waals surface area contributed by atoms with Crippen molar-refractivity contribution in [3.8, 4) is 0 Å². The second-order valence-corrected chi connectivity index (χ2v) is 5.77. The van der Waals surface area contributed by atoms with Crippen LogP contribution in [0.2, 0.25) is 0 Å². The number of nitrogens with two attached hydrogens (primary N) is 1. The fourth-order valence-electron chi connectivity index (χ4n) is 1.89. The van der Waals surface area contributed by atoms with Gasteiger partial charge in [0.1, 0.15) is 0 Å². The number of halogens is 4. The Bertz CT molecular complexity index is 430. The first-order chi connectivity index (χ1) is 8.35. The number of benzene rings is 1. The molecule has 1 aliphatic carbocycles. The summed E-state index contributed by atoms with van der Waals surface area (Å²) in [6, 6.07) is 5.47. The summed E-state index contributed by atoms with van der Waals surface area (Å²) in [5, 5.41) is 0. The molecule has 2 N–H and O–H groups in total. The van der Waals surface area contributed by atoms with E-state index in [4.69, 9.17) is 5.73 Å². The Morgan fingerprint density at radius 2 is 2.00 bits per heavy atom. The molecule has 0 heterocycles. The van der Waals surface area contributed by atoms with Crippen molar-refractivity contribution < 1.29 is 13.2 Å². The molecular weight excluding hydrogens is 356 g/mol. The fraction of sp³-hybridized carbons (Fsp3) is 0.500. The fourth-order valence-corrected chi connectivity index (χ4v) is 2.47. The largest absolute Gasteiger partial charge is 0.401 e. The van der Waals surface area contributed by atoms with Crippen LogP contribution in [-0.4, -0.2) is 23.7 Å².